The summed E-state index contributed by atoms with van der Waals surface area (Å²) >= 11 is 0. The summed E-state index contributed by atoms with van der Waals surface area (Å²) in [5, 5.41) is 10.6. The fourth-order valence-electron chi connectivity index (χ4n) is 4.30. The molecule has 2 amide bonds. The molecule has 2 aromatic heterocycles. The summed E-state index contributed by atoms with van der Waals surface area (Å²) in [6.07, 6.45) is 0.614. The molecule has 0 saturated heterocycles. The van der Waals surface area contributed by atoms with Crippen LogP contribution in [0, 0.1) is 0 Å². The lowest BCUT2D eigenvalue weighted by Crippen LogP contribution is -2.38. The number of aromatic nitrogens is 4. The van der Waals surface area contributed by atoms with Gasteiger partial charge in [-0.15, -0.1) is 0 Å². The number of amides is 2. The molecule has 178 valence electrons. The topological polar surface area (TPSA) is 119 Å². The van der Waals surface area contributed by atoms with Crippen molar-refractivity contribution >= 4 is 27.5 Å². The third kappa shape index (κ3) is 3.56. The maximum atomic E-state index is 13.0. The Morgan fingerprint density at radius 1 is 1.24 bits per heavy atom. The van der Waals surface area contributed by atoms with Gasteiger partial charge in [0.2, 0.25) is 11.8 Å². The molecule has 0 radical (unpaired) electrons. The summed E-state index contributed by atoms with van der Waals surface area (Å²) in [5.41, 5.74) is 1.41. The van der Waals surface area contributed by atoms with E-state index in [1.165, 1.54) is 11.1 Å². The quantitative estimate of drug-likeness (QED) is 0.562. The number of carbonyl (C=O) groups is 2. The molecule has 0 unspecified atom stereocenters. The minimum atomic E-state index is -4.12. The van der Waals surface area contributed by atoms with Crippen molar-refractivity contribution < 1.29 is 26.8 Å². The maximum absolute atomic E-state index is 13.0. The molecule has 0 spiro atoms. The molecular weight excluding hydrogens is 470 g/mol. The van der Waals surface area contributed by atoms with Crippen LogP contribution >= 0.6 is 0 Å². The molecule has 2 aliphatic rings. The van der Waals surface area contributed by atoms with Gasteiger partial charge in [-0.2, -0.15) is 22.7 Å². The fourth-order valence-corrected chi connectivity index (χ4v) is 5.42. The summed E-state index contributed by atoms with van der Waals surface area (Å²) in [5.74, 6) is -0.502. The van der Waals surface area contributed by atoms with Gasteiger partial charge < -0.3 is 10.2 Å². The Morgan fingerprint density at radius 2 is 2.00 bits per heavy atom. The van der Waals surface area contributed by atoms with Gasteiger partial charge in [-0.25, -0.2) is 8.78 Å². The van der Waals surface area contributed by atoms with Crippen LogP contribution in [0.3, 0.4) is 0 Å². The van der Waals surface area contributed by atoms with Crippen LogP contribution in [0.5, 0.6) is 0 Å². The molecular formula is C21H20F2N6O4S. The van der Waals surface area contributed by atoms with E-state index in [1.54, 1.807) is 13.0 Å². The summed E-state index contributed by atoms with van der Waals surface area (Å²) in [4.78, 5) is 26.9. The molecule has 1 atom stereocenters. The Labute approximate surface area is 193 Å². The number of halogens is 2. The predicted octanol–water partition coefficient (Wildman–Crippen LogP) is 1.72. The molecule has 5 rings (SSSR count). The van der Waals surface area contributed by atoms with E-state index in [4.69, 9.17) is 0 Å². The first kappa shape index (κ1) is 22.2. The minimum Gasteiger partial charge on any atom is -0.332 e. The van der Waals surface area contributed by atoms with Gasteiger partial charge in [0, 0.05) is 36.6 Å². The normalized spacial score (nSPS) is 19.4. The van der Waals surface area contributed by atoms with Crippen LogP contribution in [-0.2, 0) is 44.7 Å². The zero-order chi connectivity index (χ0) is 24.3. The number of carbonyl (C=O) groups excluding carboxylic acids is 2. The van der Waals surface area contributed by atoms with Gasteiger partial charge in [0.05, 0.1) is 23.9 Å². The van der Waals surface area contributed by atoms with E-state index in [-0.39, 0.29) is 36.2 Å². The minimum absolute atomic E-state index is 0.0399. The molecule has 1 aromatic carbocycles. The second kappa shape index (κ2) is 7.72. The molecule has 0 saturated carbocycles. The molecule has 0 aliphatic carbocycles. The fraction of sp³-hybridized carbons (Fsp3) is 0.333. The smallest absolute Gasteiger partial charge is 0.286 e. The average molecular weight is 490 g/mol. The number of fused-ring (bicyclic) bond motifs is 2. The van der Waals surface area contributed by atoms with Crippen LogP contribution in [0.1, 0.15) is 30.2 Å². The highest BCUT2D eigenvalue weighted by atomic mass is 32.2. The van der Waals surface area contributed by atoms with Crippen molar-refractivity contribution in [3.63, 3.8) is 0 Å². The highest BCUT2D eigenvalue weighted by Gasteiger charge is 2.45. The van der Waals surface area contributed by atoms with E-state index in [0.29, 0.717) is 16.9 Å². The highest BCUT2D eigenvalue weighted by molar-refractivity contribution is 7.89. The Balaban J connectivity index is 1.30. The lowest BCUT2D eigenvalue weighted by molar-refractivity contribution is -0.136. The number of rotatable bonds is 6. The molecule has 3 aromatic rings. The summed E-state index contributed by atoms with van der Waals surface area (Å²) < 4.78 is 52.3. The number of para-hydroxylation sites is 1. The third-order valence-electron chi connectivity index (χ3n) is 6.17. The Hall–Kier alpha value is -3.61. The van der Waals surface area contributed by atoms with Gasteiger partial charge in [-0.3, -0.25) is 14.3 Å². The van der Waals surface area contributed by atoms with Crippen molar-refractivity contribution in [2.75, 3.05) is 5.32 Å². The number of nitrogens with zero attached hydrogens (tertiary/aromatic N) is 5. The number of anilines is 1. The zero-order valence-corrected chi connectivity index (χ0v) is 18.8. The lowest BCUT2D eigenvalue weighted by atomic mass is 9.80. The molecule has 4 heterocycles. The zero-order valence-electron chi connectivity index (χ0n) is 18.0. The van der Waals surface area contributed by atoms with Gasteiger partial charge in [0.15, 0.2) is 0 Å². The van der Waals surface area contributed by atoms with Gasteiger partial charge in [-0.05, 0) is 18.6 Å². The molecule has 13 heteroatoms. The second-order valence-electron chi connectivity index (χ2n) is 8.53. The lowest BCUT2D eigenvalue weighted by Gasteiger charge is -2.25. The molecule has 0 fully saturated rings. The number of hydrogen-bond acceptors (Lipinski definition) is 6. The molecule has 0 bridgehead atoms. The first-order valence-electron chi connectivity index (χ1n) is 10.4. The van der Waals surface area contributed by atoms with Crippen LogP contribution in [0.4, 0.5) is 14.5 Å². The number of benzene rings is 1. The SMILES string of the molecule is C[C@]1(CC(=O)N2Cc3cn(S(=O)(=O)c4cnn(CC(F)F)c4)nc3C2)C(=O)Nc2ccccc21. The van der Waals surface area contributed by atoms with Crippen molar-refractivity contribution in [2.24, 2.45) is 0 Å². The Bertz CT molecular complexity index is 1390. The van der Waals surface area contributed by atoms with Crippen molar-refractivity contribution in [2.45, 2.75) is 49.7 Å². The van der Waals surface area contributed by atoms with Gasteiger partial charge in [-0.1, -0.05) is 18.2 Å². The number of hydrogen-bond donors (Lipinski definition) is 1. The van der Waals surface area contributed by atoms with Crippen molar-refractivity contribution in [3.8, 4) is 0 Å². The number of alkyl halides is 2. The third-order valence-corrected chi connectivity index (χ3v) is 7.65. The van der Waals surface area contributed by atoms with Crippen molar-refractivity contribution in [1.29, 1.82) is 0 Å². The summed E-state index contributed by atoms with van der Waals surface area (Å²) in [6, 6.07) is 7.23. The monoisotopic (exact) mass is 490 g/mol. The molecule has 34 heavy (non-hydrogen) atoms. The van der Waals surface area contributed by atoms with Crippen LogP contribution in [0.2, 0.25) is 0 Å². The first-order valence-corrected chi connectivity index (χ1v) is 11.8. The Morgan fingerprint density at radius 3 is 2.74 bits per heavy atom. The largest absolute Gasteiger partial charge is 0.332 e. The van der Waals surface area contributed by atoms with Gasteiger partial charge in [0.25, 0.3) is 16.4 Å². The van der Waals surface area contributed by atoms with E-state index in [1.807, 2.05) is 18.2 Å². The second-order valence-corrected chi connectivity index (χ2v) is 10.3. The van der Waals surface area contributed by atoms with E-state index in [9.17, 15) is 26.8 Å². The number of nitrogens with one attached hydrogen (secondary N) is 1. The van der Waals surface area contributed by atoms with Crippen LogP contribution in [0.25, 0.3) is 0 Å². The van der Waals surface area contributed by atoms with Crippen LogP contribution in [0.15, 0.2) is 47.8 Å². The molecule has 1 N–H and O–H groups in total. The molecule has 10 nitrogen and oxygen atoms in total. The molecule has 2 aliphatic heterocycles. The maximum Gasteiger partial charge on any atom is 0.286 e. The van der Waals surface area contributed by atoms with E-state index < -0.39 is 28.4 Å². The van der Waals surface area contributed by atoms with Crippen molar-refractivity contribution in [3.05, 3.63) is 59.7 Å². The standard InChI is InChI=1S/C21H20F2N6O4S/c1-21(15-4-2-3-5-16(15)25-20(21)31)6-19(30)27-8-13-9-29(26-17(13)11-27)34(32,33)14-7-24-28(10-14)12-18(22)23/h2-5,7,9-10,18H,6,8,11-12H2,1H3,(H,25,31)/t21-/m1/s1. The van der Waals surface area contributed by atoms with Crippen molar-refractivity contribution in [1.82, 2.24) is 23.9 Å². The highest BCUT2D eigenvalue weighted by Crippen LogP contribution is 2.40. The van der Waals surface area contributed by atoms with E-state index >= 15 is 0 Å². The average Bonchev–Trinajstić information content (AvgIpc) is 3.51. The summed E-state index contributed by atoms with van der Waals surface area (Å²) in [7, 11) is -4.12. The van der Waals surface area contributed by atoms with Gasteiger partial charge in [0.1, 0.15) is 11.4 Å². The van der Waals surface area contributed by atoms with Gasteiger partial charge >= 0.3 is 0 Å². The Kier molecular flexibility index (Phi) is 5.04. The summed E-state index contributed by atoms with van der Waals surface area (Å²) in [6.45, 7) is 1.25. The first-order chi connectivity index (χ1) is 16.1. The van der Waals surface area contributed by atoms with E-state index in [2.05, 4.69) is 15.5 Å². The van der Waals surface area contributed by atoms with E-state index in [0.717, 1.165) is 26.7 Å². The van der Waals surface area contributed by atoms with Crippen LogP contribution in [-0.4, -0.2) is 50.5 Å². The van der Waals surface area contributed by atoms with Crippen LogP contribution < -0.4 is 5.32 Å². The predicted molar refractivity (Wildman–Crippen MR) is 114 cm³/mol.